The molecule has 0 aromatic rings. The third-order valence-electron chi connectivity index (χ3n) is 4.78. The first-order valence-corrected chi connectivity index (χ1v) is 8.04. The number of hydrogen-bond donors (Lipinski definition) is 2. The zero-order valence-corrected chi connectivity index (χ0v) is 12.1. The van der Waals surface area contributed by atoms with Crippen molar-refractivity contribution in [3.63, 3.8) is 0 Å². The van der Waals surface area contributed by atoms with Crippen LogP contribution in [-0.4, -0.2) is 37.1 Å². The summed E-state index contributed by atoms with van der Waals surface area (Å²) in [5.41, 5.74) is 5.84. The van der Waals surface area contributed by atoms with Crippen LogP contribution < -0.4 is 11.1 Å². The molecule has 1 saturated heterocycles. The van der Waals surface area contributed by atoms with Gasteiger partial charge in [-0.2, -0.15) is 0 Å². The fourth-order valence-electron chi connectivity index (χ4n) is 3.47. The Labute approximate surface area is 117 Å². The average molecular weight is 267 g/mol. The van der Waals surface area contributed by atoms with Gasteiger partial charge in [0.25, 0.3) is 0 Å². The van der Waals surface area contributed by atoms with Crippen molar-refractivity contribution < 1.29 is 4.79 Å². The fraction of sp³-hybridized carbons (Fsp3) is 0.933. The highest BCUT2D eigenvalue weighted by atomic mass is 16.2. The number of nitrogens with zero attached hydrogens (tertiary/aromatic N) is 1. The molecule has 2 unspecified atom stereocenters. The second-order valence-corrected chi connectivity index (χ2v) is 6.13. The van der Waals surface area contributed by atoms with Gasteiger partial charge in [-0.1, -0.05) is 25.7 Å². The maximum absolute atomic E-state index is 12.2. The van der Waals surface area contributed by atoms with Crippen molar-refractivity contribution in [3.8, 4) is 0 Å². The highest BCUT2D eigenvalue weighted by Crippen LogP contribution is 2.28. The second-order valence-electron chi connectivity index (χ2n) is 6.13. The number of rotatable bonds is 3. The van der Waals surface area contributed by atoms with Crippen molar-refractivity contribution in [3.05, 3.63) is 0 Å². The van der Waals surface area contributed by atoms with E-state index < -0.39 is 0 Å². The van der Waals surface area contributed by atoms with Gasteiger partial charge in [0.1, 0.15) is 0 Å². The Morgan fingerprint density at radius 2 is 1.63 bits per heavy atom. The summed E-state index contributed by atoms with van der Waals surface area (Å²) in [6.07, 6.45) is 9.90. The van der Waals surface area contributed by atoms with Crippen molar-refractivity contribution in [2.45, 2.75) is 51.4 Å². The third-order valence-corrected chi connectivity index (χ3v) is 4.78. The predicted octanol–water partition coefficient (Wildman–Crippen LogP) is 2.34. The highest BCUT2D eigenvalue weighted by Gasteiger charge is 2.25. The molecule has 0 aromatic carbocycles. The molecular formula is C15H29N3O. The fourth-order valence-corrected chi connectivity index (χ4v) is 3.47. The third kappa shape index (κ3) is 4.37. The Morgan fingerprint density at radius 1 is 1.00 bits per heavy atom. The molecule has 0 bridgehead atoms. The van der Waals surface area contributed by atoms with E-state index in [-0.39, 0.29) is 6.03 Å². The van der Waals surface area contributed by atoms with Crippen molar-refractivity contribution in [1.82, 2.24) is 10.2 Å². The first kappa shape index (κ1) is 14.6. The summed E-state index contributed by atoms with van der Waals surface area (Å²) in [5.74, 6) is 1.20. The van der Waals surface area contributed by atoms with E-state index in [9.17, 15) is 4.79 Å². The Hall–Kier alpha value is -0.770. The molecule has 4 heteroatoms. The van der Waals surface area contributed by atoms with Gasteiger partial charge in [-0.25, -0.2) is 4.79 Å². The SMILES string of the molecule is NCC1CCCCC1CNC(=O)N1CCCCCC1. The molecule has 2 aliphatic rings. The summed E-state index contributed by atoms with van der Waals surface area (Å²) in [4.78, 5) is 14.2. The summed E-state index contributed by atoms with van der Waals surface area (Å²) >= 11 is 0. The van der Waals surface area contributed by atoms with Crippen LogP contribution in [0.15, 0.2) is 0 Å². The maximum Gasteiger partial charge on any atom is 0.317 e. The van der Waals surface area contributed by atoms with Gasteiger partial charge in [-0.15, -0.1) is 0 Å². The zero-order chi connectivity index (χ0) is 13.5. The van der Waals surface area contributed by atoms with Crippen molar-refractivity contribution in [1.29, 1.82) is 0 Å². The second kappa shape index (κ2) is 7.73. The number of carbonyl (C=O) groups is 1. The first-order valence-electron chi connectivity index (χ1n) is 8.04. The summed E-state index contributed by atoms with van der Waals surface area (Å²) in [7, 11) is 0. The van der Waals surface area contributed by atoms with Crippen LogP contribution in [0.1, 0.15) is 51.4 Å². The van der Waals surface area contributed by atoms with Crippen molar-refractivity contribution >= 4 is 6.03 Å². The number of urea groups is 1. The summed E-state index contributed by atoms with van der Waals surface area (Å²) < 4.78 is 0. The van der Waals surface area contributed by atoms with Gasteiger partial charge >= 0.3 is 6.03 Å². The molecule has 19 heavy (non-hydrogen) atoms. The standard InChI is InChI=1S/C15H29N3O/c16-11-13-7-3-4-8-14(13)12-17-15(19)18-9-5-1-2-6-10-18/h13-14H,1-12,16H2,(H,17,19). The van der Waals surface area contributed by atoms with Crippen LogP contribution >= 0.6 is 0 Å². The van der Waals surface area contributed by atoms with Crippen LogP contribution in [0.2, 0.25) is 0 Å². The molecule has 1 aliphatic heterocycles. The van der Waals surface area contributed by atoms with Gasteiger partial charge in [0, 0.05) is 19.6 Å². The van der Waals surface area contributed by atoms with E-state index in [0.29, 0.717) is 11.8 Å². The molecule has 2 fully saturated rings. The average Bonchev–Trinajstić information content (AvgIpc) is 2.74. The van der Waals surface area contributed by atoms with E-state index in [1.807, 2.05) is 4.90 Å². The molecule has 1 heterocycles. The topological polar surface area (TPSA) is 58.4 Å². The van der Waals surface area contributed by atoms with Gasteiger partial charge in [-0.05, 0) is 44.1 Å². The number of nitrogens with two attached hydrogens (primary N) is 1. The molecule has 3 N–H and O–H groups in total. The van der Waals surface area contributed by atoms with Gasteiger partial charge in [0.05, 0.1) is 0 Å². The molecule has 4 nitrogen and oxygen atoms in total. The van der Waals surface area contributed by atoms with E-state index in [0.717, 1.165) is 39.0 Å². The quantitative estimate of drug-likeness (QED) is 0.824. The van der Waals surface area contributed by atoms with Crippen LogP contribution in [0, 0.1) is 11.8 Å². The molecule has 0 radical (unpaired) electrons. The minimum absolute atomic E-state index is 0.142. The van der Waals surface area contributed by atoms with Crippen LogP contribution in [-0.2, 0) is 0 Å². The molecule has 1 saturated carbocycles. The minimum Gasteiger partial charge on any atom is -0.338 e. The van der Waals surface area contributed by atoms with Crippen molar-refractivity contribution in [2.24, 2.45) is 17.6 Å². The van der Waals surface area contributed by atoms with E-state index in [4.69, 9.17) is 5.73 Å². The molecule has 0 spiro atoms. The largest absolute Gasteiger partial charge is 0.338 e. The van der Waals surface area contributed by atoms with E-state index >= 15 is 0 Å². The highest BCUT2D eigenvalue weighted by molar-refractivity contribution is 5.74. The Bertz CT molecular complexity index is 275. The Morgan fingerprint density at radius 3 is 2.26 bits per heavy atom. The zero-order valence-electron chi connectivity index (χ0n) is 12.1. The van der Waals surface area contributed by atoms with Crippen LogP contribution in [0.5, 0.6) is 0 Å². The van der Waals surface area contributed by atoms with Gasteiger partial charge < -0.3 is 16.0 Å². The number of nitrogens with one attached hydrogen (secondary N) is 1. The lowest BCUT2D eigenvalue weighted by atomic mass is 9.79. The van der Waals surface area contributed by atoms with Gasteiger partial charge in [-0.3, -0.25) is 0 Å². The molecule has 2 atom stereocenters. The van der Waals surface area contributed by atoms with Gasteiger partial charge in [0.2, 0.25) is 0 Å². The number of amides is 2. The van der Waals surface area contributed by atoms with Crippen molar-refractivity contribution in [2.75, 3.05) is 26.2 Å². The normalized spacial score (nSPS) is 28.8. The molecule has 2 rings (SSSR count). The number of likely N-dealkylation sites (tertiary alicyclic amines) is 1. The molecular weight excluding hydrogens is 238 g/mol. The lowest BCUT2D eigenvalue weighted by Gasteiger charge is -2.31. The number of hydrogen-bond acceptors (Lipinski definition) is 2. The lowest BCUT2D eigenvalue weighted by molar-refractivity contribution is 0.188. The first-order chi connectivity index (χ1) is 9.31. The molecule has 1 aliphatic carbocycles. The Kier molecular flexibility index (Phi) is 5.95. The smallest absolute Gasteiger partial charge is 0.317 e. The van der Waals surface area contributed by atoms with Crippen LogP contribution in [0.25, 0.3) is 0 Å². The lowest BCUT2D eigenvalue weighted by Crippen LogP contribution is -2.44. The molecule has 0 aromatic heterocycles. The monoisotopic (exact) mass is 267 g/mol. The van der Waals surface area contributed by atoms with E-state index in [1.165, 1.54) is 38.5 Å². The van der Waals surface area contributed by atoms with E-state index in [1.54, 1.807) is 0 Å². The molecule has 2 amide bonds. The summed E-state index contributed by atoms with van der Waals surface area (Å²) in [5, 5.41) is 3.15. The maximum atomic E-state index is 12.2. The Balaban J connectivity index is 1.75. The summed E-state index contributed by atoms with van der Waals surface area (Å²) in [6.45, 7) is 3.44. The van der Waals surface area contributed by atoms with Crippen LogP contribution in [0.4, 0.5) is 4.79 Å². The minimum atomic E-state index is 0.142. The predicted molar refractivity (Wildman–Crippen MR) is 77.9 cm³/mol. The summed E-state index contributed by atoms with van der Waals surface area (Å²) in [6, 6.07) is 0.142. The van der Waals surface area contributed by atoms with E-state index in [2.05, 4.69) is 5.32 Å². The molecule has 110 valence electrons. The van der Waals surface area contributed by atoms with Crippen LogP contribution in [0.3, 0.4) is 0 Å². The van der Waals surface area contributed by atoms with Gasteiger partial charge in [0.15, 0.2) is 0 Å². The number of carbonyl (C=O) groups excluding carboxylic acids is 1.